The number of aryl methyl sites for hydroxylation is 2. The zero-order valence-corrected chi connectivity index (χ0v) is 21.6. The first kappa shape index (κ1) is 25.3. The van der Waals surface area contributed by atoms with Gasteiger partial charge in [-0.3, -0.25) is 19.3 Å². The predicted octanol–water partition coefficient (Wildman–Crippen LogP) is 5.87. The number of nitrogens with one attached hydrogen (secondary N) is 2. The Morgan fingerprint density at radius 3 is 2.33 bits per heavy atom. The second-order valence-electron chi connectivity index (χ2n) is 9.18. The summed E-state index contributed by atoms with van der Waals surface area (Å²) in [5.41, 5.74) is 3.86. The van der Waals surface area contributed by atoms with Crippen LogP contribution in [0.25, 0.3) is 0 Å². The summed E-state index contributed by atoms with van der Waals surface area (Å²) in [6, 6.07) is 16.5. The summed E-state index contributed by atoms with van der Waals surface area (Å²) in [6.45, 7) is 8.05. The van der Waals surface area contributed by atoms with Crippen LogP contribution >= 0.6 is 11.8 Å². The molecular weight excluding hydrogens is 474 g/mol. The molecule has 1 aliphatic rings. The Morgan fingerprint density at radius 2 is 1.69 bits per heavy atom. The predicted molar refractivity (Wildman–Crippen MR) is 141 cm³/mol. The Bertz CT molecular complexity index is 1310. The van der Waals surface area contributed by atoms with E-state index in [-0.39, 0.29) is 30.0 Å². The molecule has 0 bridgehead atoms. The number of carbonyl (C=O) groups excluding carboxylic acids is 3. The summed E-state index contributed by atoms with van der Waals surface area (Å²) >= 11 is 1.21. The van der Waals surface area contributed by atoms with Crippen LogP contribution in [0.3, 0.4) is 0 Å². The van der Waals surface area contributed by atoms with Crippen molar-refractivity contribution >= 4 is 40.9 Å². The largest absolute Gasteiger partial charge is 0.467 e. The van der Waals surface area contributed by atoms with E-state index < -0.39 is 5.91 Å². The van der Waals surface area contributed by atoms with Gasteiger partial charge in [0.1, 0.15) is 16.4 Å². The summed E-state index contributed by atoms with van der Waals surface area (Å²) < 4.78 is 5.37. The Morgan fingerprint density at radius 1 is 0.972 bits per heavy atom. The molecule has 36 heavy (non-hydrogen) atoms. The van der Waals surface area contributed by atoms with E-state index in [4.69, 9.17) is 4.42 Å². The molecular formula is C28H29N3O4S. The van der Waals surface area contributed by atoms with E-state index in [1.807, 2.05) is 58.0 Å². The van der Waals surface area contributed by atoms with E-state index in [2.05, 4.69) is 10.6 Å². The van der Waals surface area contributed by atoms with E-state index in [1.54, 1.807) is 24.3 Å². The third-order valence-electron chi connectivity index (χ3n) is 5.75. The number of imide groups is 1. The summed E-state index contributed by atoms with van der Waals surface area (Å²) in [5, 5.41) is 6.06. The molecule has 0 atom stereocenters. The SMILES string of the molecule is Cc1ccc(NC2=C(Sc3ccc(NC(=O)CC(C)C)cc3)C(=O)N(Cc3ccco3)C2=O)cc1C. The van der Waals surface area contributed by atoms with Gasteiger partial charge in [0.2, 0.25) is 5.91 Å². The van der Waals surface area contributed by atoms with Crippen molar-refractivity contribution < 1.29 is 18.8 Å². The molecule has 0 spiro atoms. The van der Waals surface area contributed by atoms with E-state index in [0.717, 1.165) is 21.7 Å². The fourth-order valence-electron chi connectivity index (χ4n) is 3.73. The fraction of sp³-hybridized carbons (Fsp3) is 0.250. The Labute approximate surface area is 214 Å². The fourth-order valence-corrected chi connectivity index (χ4v) is 4.68. The van der Waals surface area contributed by atoms with Crippen LogP contribution in [0.4, 0.5) is 11.4 Å². The van der Waals surface area contributed by atoms with Gasteiger partial charge in [-0.25, -0.2) is 0 Å². The standard InChI is InChI=1S/C28H29N3O4S/c1-17(2)14-24(32)29-20-9-11-23(12-10-20)36-26-25(30-21-8-7-18(3)19(4)15-21)27(33)31(28(26)34)16-22-6-5-13-35-22/h5-13,15,17,30H,14,16H2,1-4H3,(H,29,32). The molecule has 2 N–H and O–H groups in total. The number of carbonyl (C=O) groups is 3. The van der Waals surface area contributed by atoms with Crippen LogP contribution in [-0.2, 0) is 20.9 Å². The van der Waals surface area contributed by atoms with Crippen molar-refractivity contribution in [3.8, 4) is 0 Å². The van der Waals surface area contributed by atoms with Gasteiger partial charge in [0.25, 0.3) is 11.8 Å². The zero-order chi connectivity index (χ0) is 25.8. The monoisotopic (exact) mass is 503 g/mol. The van der Waals surface area contributed by atoms with E-state index in [9.17, 15) is 14.4 Å². The van der Waals surface area contributed by atoms with E-state index in [1.165, 1.54) is 22.9 Å². The van der Waals surface area contributed by atoms with Gasteiger partial charge < -0.3 is 15.1 Å². The van der Waals surface area contributed by atoms with Crippen LogP contribution in [-0.4, -0.2) is 22.6 Å². The molecule has 2 aromatic carbocycles. The highest BCUT2D eigenvalue weighted by Crippen LogP contribution is 2.37. The van der Waals surface area contributed by atoms with Gasteiger partial charge in [-0.2, -0.15) is 0 Å². The van der Waals surface area contributed by atoms with Crippen LogP contribution in [0.5, 0.6) is 0 Å². The highest BCUT2D eigenvalue weighted by Gasteiger charge is 2.39. The Balaban J connectivity index is 1.59. The first-order chi connectivity index (χ1) is 17.2. The van der Waals surface area contributed by atoms with Crippen molar-refractivity contribution in [3.05, 3.63) is 88.3 Å². The molecule has 0 radical (unpaired) electrons. The molecule has 7 nitrogen and oxygen atoms in total. The molecule has 186 valence electrons. The molecule has 0 saturated heterocycles. The van der Waals surface area contributed by atoms with Gasteiger partial charge >= 0.3 is 0 Å². The lowest BCUT2D eigenvalue weighted by Crippen LogP contribution is -2.31. The first-order valence-corrected chi connectivity index (χ1v) is 12.6. The molecule has 8 heteroatoms. The molecule has 4 rings (SSSR count). The number of hydrogen-bond donors (Lipinski definition) is 2. The van der Waals surface area contributed by atoms with Crippen molar-refractivity contribution in [2.45, 2.75) is 45.6 Å². The van der Waals surface area contributed by atoms with Crippen molar-refractivity contribution in [3.63, 3.8) is 0 Å². The third kappa shape index (κ3) is 5.88. The lowest BCUT2D eigenvalue weighted by atomic mass is 10.1. The number of furan rings is 1. The minimum atomic E-state index is -0.408. The Kier molecular flexibility index (Phi) is 7.64. The molecule has 2 heterocycles. The van der Waals surface area contributed by atoms with Gasteiger partial charge in [0.05, 0.1) is 12.8 Å². The lowest BCUT2D eigenvalue weighted by molar-refractivity contribution is -0.138. The summed E-state index contributed by atoms with van der Waals surface area (Å²) in [5.74, 6) is -0.0464. The quantitative estimate of drug-likeness (QED) is 0.355. The van der Waals surface area contributed by atoms with E-state index >= 15 is 0 Å². The molecule has 0 saturated carbocycles. The van der Waals surface area contributed by atoms with Gasteiger partial charge in [-0.1, -0.05) is 31.7 Å². The topological polar surface area (TPSA) is 91.7 Å². The summed E-state index contributed by atoms with van der Waals surface area (Å²) in [4.78, 5) is 41.0. The molecule has 1 aliphatic heterocycles. The smallest absolute Gasteiger partial charge is 0.278 e. The maximum Gasteiger partial charge on any atom is 0.278 e. The number of anilines is 2. The summed E-state index contributed by atoms with van der Waals surface area (Å²) in [7, 11) is 0. The number of benzene rings is 2. The molecule has 3 aromatic rings. The first-order valence-electron chi connectivity index (χ1n) is 11.8. The molecule has 0 fully saturated rings. The maximum absolute atomic E-state index is 13.4. The average Bonchev–Trinajstić information content (AvgIpc) is 3.41. The van der Waals surface area contributed by atoms with Crippen LogP contribution in [0.1, 0.15) is 37.2 Å². The number of rotatable bonds is 9. The molecule has 0 unspecified atom stereocenters. The van der Waals surface area contributed by atoms with Crippen molar-refractivity contribution in [2.24, 2.45) is 5.92 Å². The average molecular weight is 504 g/mol. The van der Waals surface area contributed by atoms with Crippen molar-refractivity contribution in [1.29, 1.82) is 0 Å². The highest BCUT2D eigenvalue weighted by molar-refractivity contribution is 8.04. The second kappa shape index (κ2) is 10.9. The van der Waals surface area contributed by atoms with Crippen LogP contribution < -0.4 is 10.6 Å². The lowest BCUT2D eigenvalue weighted by Gasteiger charge is -2.14. The van der Waals surface area contributed by atoms with Crippen LogP contribution in [0, 0.1) is 19.8 Å². The van der Waals surface area contributed by atoms with Crippen molar-refractivity contribution in [1.82, 2.24) is 4.90 Å². The molecule has 1 aromatic heterocycles. The maximum atomic E-state index is 13.4. The Hall–Kier alpha value is -3.78. The van der Waals surface area contributed by atoms with Crippen LogP contribution in [0.15, 0.2) is 80.8 Å². The highest BCUT2D eigenvalue weighted by atomic mass is 32.2. The van der Waals surface area contributed by atoms with Gasteiger partial charge in [-0.15, -0.1) is 0 Å². The number of hydrogen-bond acceptors (Lipinski definition) is 6. The zero-order valence-electron chi connectivity index (χ0n) is 20.8. The normalized spacial score (nSPS) is 13.6. The second-order valence-corrected chi connectivity index (χ2v) is 10.3. The molecule has 3 amide bonds. The van der Waals surface area contributed by atoms with Gasteiger partial charge in [0, 0.05) is 22.7 Å². The number of nitrogens with zero attached hydrogens (tertiary/aromatic N) is 1. The molecule has 0 aliphatic carbocycles. The number of thioether (sulfide) groups is 1. The number of amides is 3. The minimum Gasteiger partial charge on any atom is -0.467 e. The van der Waals surface area contributed by atoms with Gasteiger partial charge in [-0.05, 0) is 79.4 Å². The van der Waals surface area contributed by atoms with Crippen molar-refractivity contribution in [2.75, 3.05) is 10.6 Å². The van der Waals surface area contributed by atoms with Gasteiger partial charge in [0.15, 0.2) is 0 Å². The van der Waals surface area contributed by atoms with Crippen LogP contribution in [0.2, 0.25) is 0 Å². The third-order valence-corrected chi connectivity index (χ3v) is 6.84. The minimum absolute atomic E-state index is 0.0434. The summed E-state index contributed by atoms with van der Waals surface area (Å²) in [6.07, 6.45) is 1.96. The van der Waals surface area contributed by atoms with E-state index in [0.29, 0.717) is 22.8 Å².